The average Bonchev–Trinajstić information content (AvgIpc) is 2.77. The molecule has 2 aromatic rings. The molecule has 0 saturated carbocycles. The predicted octanol–water partition coefficient (Wildman–Crippen LogP) is 1.52. The molecule has 33 heavy (non-hydrogen) atoms. The van der Waals surface area contributed by atoms with Crippen LogP contribution in [-0.2, 0) is 24.3 Å². The van der Waals surface area contributed by atoms with E-state index in [9.17, 15) is 22.8 Å². The van der Waals surface area contributed by atoms with Gasteiger partial charge in [-0.2, -0.15) is 0 Å². The molecule has 0 spiro atoms. The summed E-state index contributed by atoms with van der Waals surface area (Å²) in [5.74, 6) is -0.973. The molecule has 1 aliphatic rings. The van der Waals surface area contributed by atoms with Crippen LogP contribution in [0, 0.1) is 0 Å². The smallest absolute Gasteiger partial charge is 0.254 e. The lowest BCUT2D eigenvalue weighted by atomic mass is 10.1. The molecule has 176 valence electrons. The van der Waals surface area contributed by atoms with E-state index in [1.807, 2.05) is 0 Å². The second-order valence-electron chi connectivity index (χ2n) is 7.53. The minimum absolute atomic E-state index is 0.160. The predicted molar refractivity (Wildman–Crippen MR) is 125 cm³/mol. The highest BCUT2D eigenvalue weighted by Crippen LogP contribution is 2.20. The van der Waals surface area contributed by atoms with Crippen LogP contribution in [0.5, 0.6) is 0 Å². The Morgan fingerprint density at radius 2 is 1.61 bits per heavy atom. The molecule has 1 heterocycles. The number of nitrogens with one attached hydrogen (secondary N) is 2. The highest BCUT2D eigenvalue weighted by Gasteiger charge is 2.23. The van der Waals surface area contributed by atoms with Crippen molar-refractivity contribution < 1.29 is 27.5 Å². The normalized spacial score (nSPS) is 13.8. The van der Waals surface area contributed by atoms with Gasteiger partial charge in [0.25, 0.3) is 5.91 Å². The van der Waals surface area contributed by atoms with Crippen molar-refractivity contribution in [3.05, 3.63) is 54.1 Å². The number of hydrogen-bond acceptors (Lipinski definition) is 6. The summed E-state index contributed by atoms with van der Waals surface area (Å²) in [7, 11) is -3.78. The Kier molecular flexibility index (Phi) is 7.67. The zero-order valence-electron chi connectivity index (χ0n) is 18.4. The summed E-state index contributed by atoms with van der Waals surface area (Å²) in [5.41, 5.74) is 1.60. The van der Waals surface area contributed by atoms with Crippen molar-refractivity contribution in [1.29, 1.82) is 0 Å². The molecule has 0 radical (unpaired) electrons. The van der Waals surface area contributed by atoms with Crippen LogP contribution in [0.3, 0.4) is 0 Å². The van der Waals surface area contributed by atoms with Gasteiger partial charge in [0.05, 0.1) is 25.2 Å². The van der Waals surface area contributed by atoms with E-state index in [0.29, 0.717) is 43.2 Å². The molecule has 0 bridgehead atoms. The van der Waals surface area contributed by atoms with Gasteiger partial charge in [-0.15, -0.1) is 0 Å². The Morgan fingerprint density at radius 1 is 1.00 bits per heavy atom. The number of carbonyl (C=O) groups excluding carboxylic acids is 3. The Balaban J connectivity index is 1.71. The van der Waals surface area contributed by atoms with Gasteiger partial charge < -0.3 is 20.3 Å². The number of hydrogen-bond donors (Lipinski definition) is 2. The van der Waals surface area contributed by atoms with Crippen molar-refractivity contribution >= 4 is 44.8 Å². The number of anilines is 3. The molecule has 1 fully saturated rings. The number of rotatable bonds is 7. The second kappa shape index (κ2) is 10.5. The third-order valence-corrected chi connectivity index (χ3v) is 6.00. The first-order valence-corrected chi connectivity index (χ1v) is 12.1. The van der Waals surface area contributed by atoms with Crippen LogP contribution < -0.4 is 14.9 Å². The standard InChI is InChI=1S/C22H26N4O6S/c1-16(27)23-18-4-3-5-19(14-18)24-21(28)15-26(33(2,30)31)20-8-6-17(7-9-20)22(29)25-10-12-32-13-11-25/h3-9,14H,10-13,15H2,1-2H3,(H,23,27)(H,24,28). The summed E-state index contributed by atoms with van der Waals surface area (Å²) < 4.78 is 31.0. The summed E-state index contributed by atoms with van der Waals surface area (Å²) in [4.78, 5) is 38.1. The van der Waals surface area contributed by atoms with Crippen molar-refractivity contribution in [3.63, 3.8) is 0 Å². The largest absolute Gasteiger partial charge is 0.378 e. The van der Waals surface area contributed by atoms with Crippen LogP contribution in [0.1, 0.15) is 17.3 Å². The van der Waals surface area contributed by atoms with Gasteiger partial charge in [0.1, 0.15) is 6.54 Å². The summed E-state index contributed by atoms with van der Waals surface area (Å²) in [5, 5.41) is 5.24. The third-order valence-electron chi connectivity index (χ3n) is 4.85. The first kappa shape index (κ1) is 24.2. The highest BCUT2D eigenvalue weighted by molar-refractivity contribution is 7.92. The van der Waals surface area contributed by atoms with E-state index in [1.54, 1.807) is 41.3 Å². The summed E-state index contributed by atoms with van der Waals surface area (Å²) in [6.45, 7) is 2.87. The van der Waals surface area contributed by atoms with E-state index in [2.05, 4.69) is 10.6 Å². The Morgan fingerprint density at radius 3 is 2.18 bits per heavy atom. The highest BCUT2D eigenvalue weighted by atomic mass is 32.2. The van der Waals surface area contributed by atoms with Gasteiger partial charge in [0, 0.05) is 37.0 Å². The first-order valence-electron chi connectivity index (χ1n) is 10.3. The number of nitrogens with zero attached hydrogens (tertiary/aromatic N) is 2. The van der Waals surface area contributed by atoms with Crippen molar-refractivity contribution in [2.24, 2.45) is 0 Å². The molecule has 0 atom stereocenters. The third kappa shape index (κ3) is 6.77. The maximum absolute atomic E-state index is 12.6. The van der Waals surface area contributed by atoms with Crippen LogP contribution in [0.25, 0.3) is 0 Å². The van der Waals surface area contributed by atoms with Gasteiger partial charge in [-0.1, -0.05) is 6.07 Å². The minimum atomic E-state index is -3.78. The quantitative estimate of drug-likeness (QED) is 0.627. The fourth-order valence-corrected chi connectivity index (χ4v) is 4.18. The SMILES string of the molecule is CC(=O)Nc1cccc(NC(=O)CN(c2ccc(C(=O)N3CCOCC3)cc2)S(C)(=O)=O)c1. The zero-order chi connectivity index (χ0) is 24.0. The number of ether oxygens (including phenoxy) is 1. The van der Waals surface area contributed by atoms with Crippen molar-refractivity contribution in [3.8, 4) is 0 Å². The number of sulfonamides is 1. The fraction of sp³-hybridized carbons (Fsp3) is 0.318. The molecular formula is C22H26N4O6S. The maximum atomic E-state index is 12.6. The van der Waals surface area contributed by atoms with E-state index in [0.717, 1.165) is 10.6 Å². The van der Waals surface area contributed by atoms with Crippen LogP contribution in [0.2, 0.25) is 0 Å². The number of amides is 3. The first-order chi connectivity index (χ1) is 15.6. The molecule has 10 nitrogen and oxygen atoms in total. The van der Waals surface area contributed by atoms with Crippen LogP contribution >= 0.6 is 0 Å². The van der Waals surface area contributed by atoms with Gasteiger partial charge in [-0.3, -0.25) is 18.7 Å². The molecule has 0 aromatic heterocycles. The van der Waals surface area contributed by atoms with E-state index >= 15 is 0 Å². The molecule has 0 unspecified atom stereocenters. The molecular weight excluding hydrogens is 448 g/mol. The van der Waals surface area contributed by atoms with E-state index in [-0.39, 0.29) is 17.5 Å². The number of carbonyl (C=O) groups is 3. The maximum Gasteiger partial charge on any atom is 0.254 e. The van der Waals surface area contributed by atoms with Crippen LogP contribution in [0.15, 0.2) is 48.5 Å². The molecule has 0 aliphatic carbocycles. The van der Waals surface area contributed by atoms with Gasteiger partial charge in [0.15, 0.2) is 0 Å². The minimum Gasteiger partial charge on any atom is -0.378 e. The molecule has 3 rings (SSSR count). The number of benzene rings is 2. The Labute approximate surface area is 192 Å². The topological polar surface area (TPSA) is 125 Å². The summed E-state index contributed by atoms with van der Waals surface area (Å²) in [6.07, 6.45) is 1.00. The zero-order valence-corrected chi connectivity index (χ0v) is 19.2. The van der Waals surface area contributed by atoms with Crippen molar-refractivity contribution in [2.75, 3.05) is 54.0 Å². The Bertz CT molecular complexity index is 1130. The Hall–Kier alpha value is -3.44. The van der Waals surface area contributed by atoms with Gasteiger partial charge in [-0.05, 0) is 42.5 Å². The summed E-state index contributed by atoms with van der Waals surface area (Å²) in [6, 6.07) is 12.6. The van der Waals surface area contributed by atoms with Gasteiger partial charge >= 0.3 is 0 Å². The molecule has 1 aliphatic heterocycles. The molecule has 2 aromatic carbocycles. The molecule has 3 amide bonds. The average molecular weight is 475 g/mol. The van der Waals surface area contributed by atoms with E-state index in [1.165, 1.54) is 19.1 Å². The van der Waals surface area contributed by atoms with Crippen LogP contribution in [-0.4, -0.2) is 70.1 Å². The fourth-order valence-electron chi connectivity index (χ4n) is 3.33. The monoisotopic (exact) mass is 474 g/mol. The van der Waals surface area contributed by atoms with Crippen molar-refractivity contribution in [2.45, 2.75) is 6.92 Å². The lowest BCUT2D eigenvalue weighted by Crippen LogP contribution is -2.40. The van der Waals surface area contributed by atoms with Crippen molar-refractivity contribution in [1.82, 2.24) is 4.90 Å². The molecule has 11 heteroatoms. The van der Waals surface area contributed by atoms with E-state index in [4.69, 9.17) is 4.74 Å². The van der Waals surface area contributed by atoms with Gasteiger partial charge in [-0.25, -0.2) is 8.42 Å². The second-order valence-corrected chi connectivity index (χ2v) is 9.44. The molecule has 2 N–H and O–H groups in total. The number of morpholine rings is 1. The molecule has 1 saturated heterocycles. The van der Waals surface area contributed by atoms with Gasteiger partial charge in [0.2, 0.25) is 21.8 Å². The lowest BCUT2D eigenvalue weighted by Gasteiger charge is -2.27. The van der Waals surface area contributed by atoms with E-state index < -0.39 is 22.5 Å². The lowest BCUT2D eigenvalue weighted by molar-refractivity contribution is -0.115. The summed E-state index contributed by atoms with van der Waals surface area (Å²) >= 11 is 0. The van der Waals surface area contributed by atoms with Crippen LogP contribution in [0.4, 0.5) is 17.1 Å².